The van der Waals surface area contributed by atoms with Crippen molar-refractivity contribution in [2.24, 2.45) is 0 Å². The summed E-state index contributed by atoms with van der Waals surface area (Å²) in [4.78, 5) is 29.6. The highest BCUT2D eigenvalue weighted by molar-refractivity contribution is 9.10. The molecule has 1 amide bonds. The van der Waals surface area contributed by atoms with Crippen LogP contribution in [-0.4, -0.2) is 68.0 Å². The van der Waals surface area contributed by atoms with Crippen molar-refractivity contribution in [2.75, 3.05) is 41.4 Å². The third-order valence-corrected chi connectivity index (χ3v) is 5.92. The van der Waals surface area contributed by atoms with Crippen LogP contribution in [0.4, 0.5) is 0 Å². The van der Waals surface area contributed by atoms with Gasteiger partial charge in [-0.25, -0.2) is 0 Å². The van der Waals surface area contributed by atoms with E-state index in [-0.39, 0.29) is 11.3 Å². The third-order valence-electron chi connectivity index (χ3n) is 5.39. The molecule has 3 rings (SSSR count). The van der Waals surface area contributed by atoms with Crippen LogP contribution in [0, 0.1) is 0 Å². The molecule has 170 valence electrons. The van der Waals surface area contributed by atoms with Gasteiger partial charge < -0.3 is 24.4 Å². The molecule has 32 heavy (non-hydrogen) atoms. The summed E-state index contributed by atoms with van der Waals surface area (Å²) in [6, 6.07) is 11.6. The predicted octanol–water partition coefficient (Wildman–Crippen LogP) is 3.84. The second-order valence-corrected chi connectivity index (χ2v) is 8.69. The Labute approximate surface area is 196 Å². The lowest BCUT2D eigenvalue weighted by Gasteiger charge is -2.26. The van der Waals surface area contributed by atoms with Gasteiger partial charge in [0.05, 0.1) is 25.8 Å². The molecular weight excluding hydrogens is 476 g/mol. The first kappa shape index (κ1) is 23.8. The van der Waals surface area contributed by atoms with Crippen LogP contribution in [0.1, 0.15) is 23.6 Å². The second kappa shape index (κ2) is 10.2. The zero-order chi connectivity index (χ0) is 23.4. The number of ketones is 1. The SMILES string of the molecule is COc1ccc(C(O)=C2C(=O)C(=O)N(CCCN(C)C)[C@@H]2c2ccc(Br)cc2)cc1OC. The number of Topliss-reactive ketones (excluding diaryl/α,β-unsaturated/α-hetero) is 1. The summed E-state index contributed by atoms with van der Waals surface area (Å²) in [6.45, 7) is 1.16. The van der Waals surface area contributed by atoms with Crippen molar-refractivity contribution in [1.29, 1.82) is 0 Å². The maximum absolute atomic E-state index is 13.1. The van der Waals surface area contributed by atoms with Crippen molar-refractivity contribution in [1.82, 2.24) is 9.80 Å². The van der Waals surface area contributed by atoms with Gasteiger partial charge in [-0.15, -0.1) is 0 Å². The number of carbonyl (C=O) groups is 2. The highest BCUT2D eigenvalue weighted by Gasteiger charge is 2.45. The number of carbonyl (C=O) groups excluding carboxylic acids is 2. The Morgan fingerprint density at radius 2 is 1.72 bits per heavy atom. The highest BCUT2D eigenvalue weighted by atomic mass is 79.9. The lowest BCUT2D eigenvalue weighted by atomic mass is 9.95. The molecule has 0 saturated carbocycles. The standard InChI is InChI=1S/C24H27BrN2O5/c1-26(2)12-5-13-27-21(15-6-9-17(25)10-7-15)20(23(29)24(27)30)22(28)16-8-11-18(31-3)19(14-16)32-4/h6-11,14,21,28H,5,12-13H2,1-4H3/t21-/m1/s1. The molecule has 1 aliphatic rings. The maximum Gasteiger partial charge on any atom is 0.295 e. The average molecular weight is 503 g/mol. The minimum absolute atomic E-state index is 0.0643. The minimum atomic E-state index is -0.699. The Hall–Kier alpha value is -2.84. The Bertz CT molecular complexity index is 1030. The van der Waals surface area contributed by atoms with Crippen LogP contribution in [0.3, 0.4) is 0 Å². The smallest absolute Gasteiger partial charge is 0.295 e. The van der Waals surface area contributed by atoms with Crippen LogP contribution in [0.25, 0.3) is 5.76 Å². The van der Waals surface area contributed by atoms with Gasteiger partial charge in [-0.05, 0) is 63.0 Å². The number of aliphatic hydroxyl groups excluding tert-OH is 1. The van der Waals surface area contributed by atoms with Crippen LogP contribution in [0.15, 0.2) is 52.5 Å². The zero-order valence-corrected chi connectivity index (χ0v) is 20.2. The number of hydrogen-bond donors (Lipinski definition) is 1. The molecule has 7 nitrogen and oxygen atoms in total. The van der Waals surface area contributed by atoms with E-state index in [0.717, 1.165) is 16.6 Å². The Balaban J connectivity index is 2.11. The van der Waals surface area contributed by atoms with Gasteiger partial charge in [0.15, 0.2) is 11.5 Å². The lowest BCUT2D eigenvalue weighted by molar-refractivity contribution is -0.139. The highest BCUT2D eigenvalue weighted by Crippen LogP contribution is 2.41. The summed E-state index contributed by atoms with van der Waals surface area (Å²) in [5, 5.41) is 11.2. The summed E-state index contributed by atoms with van der Waals surface area (Å²) in [7, 11) is 6.92. The molecule has 8 heteroatoms. The summed E-state index contributed by atoms with van der Waals surface area (Å²) in [6.07, 6.45) is 0.698. The third kappa shape index (κ3) is 4.81. The van der Waals surface area contributed by atoms with E-state index in [2.05, 4.69) is 15.9 Å². The topological polar surface area (TPSA) is 79.3 Å². The number of nitrogens with zero attached hydrogens (tertiary/aromatic N) is 2. The summed E-state index contributed by atoms with van der Waals surface area (Å²) in [5.74, 6) is -0.643. The molecule has 1 atom stereocenters. The van der Waals surface area contributed by atoms with E-state index in [1.807, 2.05) is 43.3 Å². The van der Waals surface area contributed by atoms with E-state index < -0.39 is 17.7 Å². The molecule has 1 heterocycles. The van der Waals surface area contributed by atoms with E-state index >= 15 is 0 Å². The van der Waals surface area contributed by atoms with Crippen molar-refractivity contribution in [3.8, 4) is 11.5 Å². The normalized spacial score (nSPS) is 17.8. The van der Waals surface area contributed by atoms with Crippen LogP contribution < -0.4 is 9.47 Å². The van der Waals surface area contributed by atoms with E-state index in [1.54, 1.807) is 23.1 Å². The molecule has 1 fully saturated rings. The first-order valence-corrected chi connectivity index (χ1v) is 11.0. The number of rotatable bonds is 8. The van der Waals surface area contributed by atoms with Gasteiger partial charge in [-0.1, -0.05) is 28.1 Å². The molecule has 0 unspecified atom stereocenters. The molecule has 0 spiro atoms. The van der Waals surface area contributed by atoms with E-state index in [4.69, 9.17) is 9.47 Å². The maximum atomic E-state index is 13.1. The van der Waals surface area contributed by atoms with Crippen LogP contribution >= 0.6 is 15.9 Å². The molecule has 1 N–H and O–H groups in total. The van der Waals surface area contributed by atoms with Gasteiger partial charge in [0.2, 0.25) is 0 Å². The van der Waals surface area contributed by atoms with Crippen LogP contribution in [-0.2, 0) is 9.59 Å². The molecule has 0 radical (unpaired) electrons. The number of amides is 1. The van der Waals surface area contributed by atoms with Crippen molar-refractivity contribution in [2.45, 2.75) is 12.5 Å². The molecule has 1 aliphatic heterocycles. The fourth-order valence-electron chi connectivity index (χ4n) is 3.80. The Kier molecular flexibility index (Phi) is 7.58. The molecule has 0 bridgehead atoms. The zero-order valence-electron chi connectivity index (χ0n) is 18.6. The van der Waals surface area contributed by atoms with Gasteiger partial charge in [0, 0.05) is 16.6 Å². The van der Waals surface area contributed by atoms with E-state index in [9.17, 15) is 14.7 Å². The predicted molar refractivity (Wildman–Crippen MR) is 126 cm³/mol. The molecule has 1 saturated heterocycles. The van der Waals surface area contributed by atoms with E-state index in [1.165, 1.54) is 14.2 Å². The lowest BCUT2D eigenvalue weighted by Crippen LogP contribution is -2.32. The van der Waals surface area contributed by atoms with Crippen molar-refractivity contribution in [3.63, 3.8) is 0 Å². The number of halogens is 1. The van der Waals surface area contributed by atoms with E-state index in [0.29, 0.717) is 30.0 Å². The minimum Gasteiger partial charge on any atom is -0.507 e. The Morgan fingerprint density at radius 3 is 2.31 bits per heavy atom. The Morgan fingerprint density at radius 1 is 1.06 bits per heavy atom. The molecule has 2 aromatic rings. The number of hydrogen-bond acceptors (Lipinski definition) is 6. The summed E-state index contributed by atoms with van der Waals surface area (Å²) >= 11 is 3.42. The summed E-state index contributed by atoms with van der Waals surface area (Å²) < 4.78 is 11.5. The largest absolute Gasteiger partial charge is 0.507 e. The van der Waals surface area contributed by atoms with Gasteiger partial charge in [0.25, 0.3) is 11.7 Å². The first-order chi connectivity index (χ1) is 15.3. The first-order valence-electron chi connectivity index (χ1n) is 10.2. The fourth-order valence-corrected chi connectivity index (χ4v) is 4.06. The molecule has 0 aliphatic carbocycles. The van der Waals surface area contributed by atoms with Crippen molar-refractivity contribution >= 4 is 33.4 Å². The number of ether oxygens (including phenoxy) is 2. The van der Waals surface area contributed by atoms with Gasteiger partial charge in [-0.2, -0.15) is 0 Å². The van der Waals surface area contributed by atoms with Gasteiger partial charge in [-0.3, -0.25) is 9.59 Å². The average Bonchev–Trinajstić information content (AvgIpc) is 3.03. The van der Waals surface area contributed by atoms with Gasteiger partial charge in [0.1, 0.15) is 5.76 Å². The van der Waals surface area contributed by atoms with Crippen molar-refractivity contribution < 1.29 is 24.2 Å². The van der Waals surface area contributed by atoms with Crippen LogP contribution in [0.2, 0.25) is 0 Å². The monoisotopic (exact) mass is 502 g/mol. The number of aliphatic hydroxyl groups is 1. The number of benzene rings is 2. The van der Waals surface area contributed by atoms with Crippen molar-refractivity contribution in [3.05, 3.63) is 63.6 Å². The summed E-state index contributed by atoms with van der Waals surface area (Å²) in [5.41, 5.74) is 1.18. The van der Waals surface area contributed by atoms with Gasteiger partial charge >= 0.3 is 0 Å². The molecule has 2 aromatic carbocycles. The van der Waals surface area contributed by atoms with Crippen LogP contribution in [0.5, 0.6) is 11.5 Å². The molecule has 0 aromatic heterocycles. The number of likely N-dealkylation sites (tertiary alicyclic amines) is 1. The second-order valence-electron chi connectivity index (χ2n) is 7.77. The number of methoxy groups -OCH3 is 2. The molecular formula is C24H27BrN2O5. The fraction of sp³-hybridized carbons (Fsp3) is 0.333. The quantitative estimate of drug-likeness (QED) is 0.335.